The van der Waals surface area contributed by atoms with Crippen molar-refractivity contribution in [3.8, 4) is 5.75 Å². The summed E-state index contributed by atoms with van der Waals surface area (Å²) in [6, 6.07) is 16.0. The van der Waals surface area contributed by atoms with Crippen LogP contribution in [-0.2, 0) is 17.8 Å². The summed E-state index contributed by atoms with van der Waals surface area (Å²) in [6.45, 7) is 1.13. The van der Waals surface area contributed by atoms with Gasteiger partial charge in [0.1, 0.15) is 12.4 Å². The van der Waals surface area contributed by atoms with Crippen LogP contribution in [0.3, 0.4) is 0 Å². The van der Waals surface area contributed by atoms with Gasteiger partial charge in [-0.15, -0.1) is 0 Å². The van der Waals surface area contributed by atoms with Crippen LogP contribution < -0.4 is 10.1 Å². The first-order valence-corrected chi connectivity index (χ1v) is 9.14. The molecule has 1 aliphatic rings. The zero-order valence-corrected chi connectivity index (χ0v) is 15.6. The Labute approximate surface area is 159 Å². The van der Waals surface area contributed by atoms with E-state index in [2.05, 4.69) is 28.5 Å². The molecule has 0 aliphatic carbocycles. The Hall–Kier alpha value is -2.92. The number of pyridine rings is 1. The van der Waals surface area contributed by atoms with Crippen LogP contribution in [0, 0.1) is 5.92 Å². The largest absolute Gasteiger partial charge is 0.492 e. The van der Waals surface area contributed by atoms with Crippen LogP contribution in [0.4, 0.5) is 5.69 Å². The van der Waals surface area contributed by atoms with E-state index in [1.807, 2.05) is 49.3 Å². The highest BCUT2D eigenvalue weighted by atomic mass is 16.5. The summed E-state index contributed by atoms with van der Waals surface area (Å²) < 4.78 is 5.90. The number of hydrogen-bond acceptors (Lipinski definition) is 4. The average molecular weight is 361 g/mol. The number of nitrogens with zero attached hydrogens (tertiary/aromatic N) is 2. The van der Waals surface area contributed by atoms with E-state index in [0.29, 0.717) is 13.0 Å². The van der Waals surface area contributed by atoms with E-state index in [-0.39, 0.29) is 11.8 Å². The first-order chi connectivity index (χ1) is 13.1. The molecule has 27 heavy (non-hydrogen) atoms. The lowest BCUT2D eigenvalue weighted by atomic mass is 9.92. The Morgan fingerprint density at radius 3 is 2.93 bits per heavy atom. The van der Waals surface area contributed by atoms with Crippen molar-refractivity contribution >= 4 is 22.4 Å². The molecule has 0 radical (unpaired) electrons. The van der Waals surface area contributed by atoms with E-state index in [4.69, 9.17) is 4.74 Å². The summed E-state index contributed by atoms with van der Waals surface area (Å²) in [5.41, 5.74) is 2.81. The smallest absolute Gasteiger partial charge is 0.231 e. The van der Waals surface area contributed by atoms with Crippen LogP contribution >= 0.6 is 0 Å². The molecule has 1 amide bonds. The van der Waals surface area contributed by atoms with Gasteiger partial charge in [-0.1, -0.05) is 30.3 Å². The Balaban J connectivity index is 1.52. The van der Waals surface area contributed by atoms with Gasteiger partial charge in [0.2, 0.25) is 5.91 Å². The minimum absolute atomic E-state index is 0.0180. The number of benzene rings is 2. The molecule has 1 unspecified atom stereocenters. The third-order valence-corrected chi connectivity index (χ3v) is 4.82. The number of carbonyl (C=O) groups is 1. The Bertz CT molecular complexity index is 984. The molecule has 0 saturated heterocycles. The molecule has 1 atom stereocenters. The van der Waals surface area contributed by atoms with Gasteiger partial charge in [-0.25, -0.2) is 0 Å². The standard InChI is InChI=1S/C22H23N3O2/c1-25(2)13-18-12-17(9-10-23-18)24-22(26)16-11-20-19-6-4-3-5-15(19)7-8-21(20)27-14-16/h3-10,12,16H,11,13-14H2,1-2H3,(H,23,24,26). The van der Waals surface area contributed by atoms with Crippen molar-refractivity contribution in [2.45, 2.75) is 13.0 Å². The van der Waals surface area contributed by atoms with E-state index < -0.39 is 0 Å². The van der Waals surface area contributed by atoms with Crippen molar-refractivity contribution in [3.63, 3.8) is 0 Å². The molecule has 0 saturated carbocycles. The molecule has 138 valence electrons. The zero-order valence-electron chi connectivity index (χ0n) is 15.6. The van der Waals surface area contributed by atoms with Gasteiger partial charge < -0.3 is 15.0 Å². The summed E-state index contributed by atoms with van der Waals surface area (Å²) in [5, 5.41) is 5.35. The number of amides is 1. The third kappa shape index (κ3) is 3.78. The Morgan fingerprint density at radius 1 is 1.22 bits per heavy atom. The lowest BCUT2D eigenvalue weighted by Crippen LogP contribution is -2.32. The van der Waals surface area contributed by atoms with Gasteiger partial charge in [-0.05, 0) is 49.5 Å². The van der Waals surface area contributed by atoms with E-state index in [1.165, 1.54) is 5.39 Å². The quantitative estimate of drug-likeness (QED) is 0.773. The number of hydrogen-bond donors (Lipinski definition) is 1. The second-order valence-electron chi connectivity index (χ2n) is 7.24. The van der Waals surface area contributed by atoms with Crippen LogP contribution in [0.25, 0.3) is 10.8 Å². The molecule has 5 heteroatoms. The summed E-state index contributed by atoms with van der Waals surface area (Å²) in [5.74, 6) is 0.652. The molecule has 2 aromatic carbocycles. The predicted octanol–water partition coefficient (Wildman–Crippen LogP) is 3.49. The highest BCUT2D eigenvalue weighted by Gasteiger charge is 2.27. The summed E-state index contributed by atoms with van der Waals surface area (Å²) >= 11 is 0. The maximum absolute atomic E-state index is 12.8. The molecule has 0 bridgehead atoms. The molecule has 1 N–H and O–H groups in total. The highest BCUT2D eigenvalue weighted by molar-refractivity contribution is 5.94. The third-order valence-electron chi connectivity index (χ3n) is 4.82. The Kier molecular flexibility index (Phi) is 4.77. The lowest BCUT2D eigenvalue weighted by Gasteiger charge is -2.26. The number of carbonyl (C=O) groups excluding carboxylic acids is 1. The average Bonchev–Trinajstić information content (AvgIpc) is 2.67. The summed E-state index contributed by atoms with van der Waals surface area (Å²) in [7, 11) is 3.99. The molecule has 3 aromatic rings. The van der Waals surface area contributed by atoms with Gasteiger partial charge in [0.05, 0.1) is 11.6 Å². The van der Waals surface area contributed by atoms with Crippen LogP contribution in [0.5, 0.6) is 5.75 Å². The number of ether oxygens (including phenoxy) is 1. The van der Waals surface area contributed by atoms with Crippen LogP contribution in [0.1, 0.15) is 11.3 Å². The monoisotopic (exact) mass is 361 g/mol. The minimum atomic E-state index is -0.214. The predicted molar refractivity (Wildman–Crippen MR) is 107 cm³/mol. The van der Waals surface area contributed by atoms with Gasteiger partial charge in [0, 0.05) is 24.0 Å². The van der Waals surface area contributed by atoms with Gasteiger partial charge in [-0.3, -0.25) is 9.78 Å². The maximum Gasteiger partial charge on any atom is 0.231 e. The van der Waals surface area contributed by atoms with Crippen LogP contribution in [0.2, 0.25) is 0 Å². The molecule has 2 heterocycles. The minimum Gasteiger partial charge on any atom is -0.492 e. The molecule has 4 rings (SSSR count). The van der Waals surface area contributed by atoms with Gasteiger partial charge in [-0.2, -0.15) is 0 Å². The molecule has 0 fully saturated rings. The fraction of sp³-hybridized carbons (Fsp3) is 0.273. The van der Waals surface area contributed by atoms with Crippen molar-refractivity contribution in [2.75, 3.05) is 26.0 Å². The van der Waals surface area contributed by atoms with Crippen molar-refractivity contribution < 1.29 is 9.53 Å². The molecule has 1 aliphatic heterocycles. The van der Waals surface area contributed by atoms with Gasteiger partial charge >= 0.3 is 0 Å². The molecular weight excluding hydrogens is 338 g/mol. The fourth-order valence-corrected chi connectivity index (χ4v) is 3.54. The number of rotatable bonds is 4. The Morgan fingerprint density at radius 2 is 2.07 bits per heavy atom. The second kappa shape index (κ2) is 7.37. The number of fused-ring (bicyclic) bond motifs is 3. The first kappa shape index (κ1) is 17.5. The lowest BCUT2D eigenvalue weighted by molar-refractivity contribution is -0.121. The van der Waals surface area contributed by atoms with E-state index in [1.54, 1.807) is 6.20 Å². The van der Waals surface area contributed by atoms with Crippen molar-refractivity contribution in [1.29, 1.82) is 0 Å². The van der Waals surface area contributed by atoms with Crippen molar-refractivity contribution in [1.82, 2.24) is 9.88 Å². The summed E-state index contributed by atoms with van der Waals surface area (Å²) in [6.07, 6.45) is 2.41. The normalized spacial score (nSPS) is 16.0. The first-order valence-electron chi connectivity index (χ1n) is 9.14. The van der Waals surface area contributed by atoms with Crippen LogP contribution in [-0.4, -0.2) is 36.5 Å². The second-order valence-corrected chi connectivity index (χ2v) is 7.24. The molecule has 5 nitrogen and oxygen atoms in total. The molecule has 1 aromatic heterocycles. The number of anilines is 1. The SMILES string of the molecule is CN(C)Cc1cc(NC(=O)C2COc3ccc4ccccc4c3C2)ccn1. The number of nitrogens with one attached hydrogen (secondary N) is 1. The zero-order chi connectivity index (χ0) is 18.8. The van der Waals surface area contributed by atoms with Gasteiger partial charge in [0.15, 0.2) is 0 Å². The van der Waals surface area contributed by atoms with E-state index in [0.717, 1.165) is 34.6 Å². The molecule has 0 spiro atoms. The van der Waals surface area contributed by atoms with E-state index in [9.17, 15) is 4.79 Å². The topological polar surface area (TPSA) is 54.5 Å². The summed E-state index contributed by atoms with van der Waals surface area (Å²) in [4.78, 5) is 19.2. The van der Waals surface area contributed by atoms with Crippen molar-refractivity contribution in [2.24, 2.45) is 5.92 Å². The van der Waals surface area contributed by atoms with Crippen molar-refractivity contribution in [3.05, 3.63) is 66.0 Å². The van der Waals surface area contributed by atoms with Crippen LogP contribution in [0.15, 0.2) is 54.7 Å². The maximum atomic E-state index is 12.8. The fourth-order valence-electron chi connectivity index (χ4n) is 3.54. The van der Waals surface area contributed by atoms with E-state index >= 15 is 0 Å². The number of aromatic nitrogens is 1. The highest BCUT2D eigenvalue weighted by Crippen LogP contribution is 2.34. The molecular formula is C22H23N3O2. The van der Waals surface area contributed by atoms with Gasteiger partial charge in [0.25, 0.3) is 0 Å².